The minimum atomic E-state index is -1.08. The quantitative estimate of drug-likeness (QED) is 0.218. The number of fused-ring (bicyclic) bond motifs is 1. The number of nitrogens with one attached hydrogen (secondary N) is 1. The van der Waals surface area contributed by atoms with Gasteiger partial charge in [0, 0.05) is 38.6 Å². The normalized spacial score (nSPS) is 22.1. The van der Waals surface area contributed by atoms with Gasteiger partial charge in [0.2, 0.25) is 5.91 Å². The number of amides is 2. The van der Waals surface area contributed by atoms with Gasteiger partial charge in [-0.3, -0.25) is 14.6 Å². The molecule has 0 spiro atoms. The molecule has 274 valence electrons. The van der Waals surface area contributed by atoms with Gasteiger partial charge in [-0.2, -0.15) is 0 Å². The Bertz CT molecular complexity index is 1540. The zero-order chi connectivity index (χ0) is 35.6. The summed E-state index contributed by atoms with van der Waals surface area (Å²) in [7, 11) is 1.34. The lowest BCUT2D eigenvalue weighted by Crippen LogP contribution is -2.54. The number of aliphatic hydroxyl groups is 2. The van der Waals surface area contributed by atoms with Crippen molar-refractivity contribution >= 4 is 12.0 Å². The van der Waals surface area contributed by atoms with E-state index in [0.29, 0.717) is 45.5 Å². The number of benzene rings is 3. The summed E-state index contributed by atoms with van der Waals surface area (Å²) in [5.74, 6) is -0.201. The molecule has 11 nitrogen and oxygen atoms in total. The largest absolute Gasteiger partial charge is 0.492 e. The Kier molecular flexibility index (Phi) is 13.0. The van der Waals surface area contributed by atoms with Crippen LogP contribution in [0.5, 0.6) is 5.75 Å². The number of nitrogens with zero attached hydrogens (tertiary/aromatic N) is 2. The molecule has 3 aromatic carbocycles. The molecule has 2 saturated heterocycles. The molecule has 0 aromatic heterocycles. The third-order valence-corrected chi connectivity index (χ3v) is 10.4. The summed E-state index contributed by atoms with van der Waals surface area (Å²) in [5, 5.41) is 26.2. The number of carbonyl (C=O) groups excluding carboxylic acids is 2. The maximum Gasteiger partial charge on any atom is 0.410 e. The first-order valence-corrected chi connectivity index (χ1v) is 18.1. The molecule has 2 heterocycles. The van der Waals surface area contributed by atoms with E-state index in [1.807, 2.05) is 78.9 Å². The fraction of sp³-hybridized carbons (Fsp3) is 0.500. The van der Waals surface area contributed by atoms with Crippen LogP contribution < -0.4 is 10.1 Å². The average molecular weight is 702 g/mol. The Morgan fingerprint density at radius 2 is 1.67 bits per heavy atom. The standard InChI is InChI=1S/C40H51N3O8/c1-48-40(47)43(32-15-19-50-27-32)35(24-28-7-3-2-4-8-28)36(44)26-31(39(46)41-38-34-10-6-5-9-30(34)25-37(38)45)23-29-11-13-33(14-12-29)51-22-18-42-16-20-49-21-17-42/h2-14,31-32,35-38,44-45H,15-27H2,1H3,(H,41,46)/t31-,32?,35+,36+,37-,38+/m1/s1. The van der Waals surface area contributed by atoms with Crippen LogP contribution in [0.15, 0.2) is 78.9 Å². The molecule has 0 bridgehead atoms. The van der Waals surface area contributed by atoms with E-state index in [-0.39, 0.29) is 18.4 Å². The van der Waals surface area contributed by atoms with Gasteiger partial charge in [-0.15, -0.1) is 0 Å². The van der Waals surface area contributed by atoms with Gasteiger partial charge in [0.1, 0.15) is 12.4 Å². The van der Waals surface area contributed by atoms with Gasteiger partial charge in [0.05, 0.1) is 57.3 Å². The third-order valence-electron chi connectivity index (χ3n) is 10.4. The van der Waals surface area contributed by atoms with Crippen molar-refractivity contribution in [2.75, 3.05) is 59.8 Å². The van der Waals surface area contributed by atoms with Crippen molar-refractivity contribution in [2.24, 2.45) is 5.92 Å². The van der Waals surface area contributed by atoms with Gasteiger partial charge in [0.15, 0.2) is 0 Å². The number of aliphatic hydroxyl groups excluding tert-OH is 2. The summed E-state index contributed by atoms with van der Waals surface area (Å²) >= 11 is 0. The van der Waals surface area contributed by atoms with E-state index in [2.05, 4.69) is 10.2 Å². The van der Waals surface area contributed by atoms with Crippen LogP contribution in [0.25, 0.3) is 0 Å². The average Bonchev–Trinajstić information content (AvgIpc) is 3.80. The van der Waals surface area contributed by atoms with Crippen LogP contribution in [0.2, 0.25) is 0 Å². The van der Waals surface area contributed by atoms with E-state index in [1.165, 1.54) is 7.11 Å². The molecule has 2 amide bonds. The van der Waals surface area contributed by atoms with Crippen molar-refractivity contribution in [2.45, 2.75) is 62.4 Å². The van der Waals surface area contributed by atoms with Crippen LogP contribution >= 0.6 is 0 Å². The maximum absolute atomic E-state index is 14.3. The Hall–Kier alpha value is -4.00. The smallest absolute Gasteiger partial charge is 0.410 e. The van der Waals surface area contributed by atoms with Gasteiger partial charge >= 0.3 is 6.09 Å². The molecule has 51 heavy (non-hydrogen) atoms. The summed E-state index contributed by atoms with van der Waals surface area (Å²) in [6.45, 7) is 5.53. The zero-order valence-electron chi connectivity index (χ0n) is 29.4. The zero-order valence-corrected chi connectivity index (χ0v) is 29.4. The number of hydrogen-bond acceptors (Lipinski definition) is 9. The van der Waals surface area contributed by atoms with Crippen LogP contribution in [-0.4, -0.2) is 116 Å². The monoisotopic (exact) mass is 701 g/mol. The highest BCUT2D eigenvalue weighted by atomic mass is 16.5. The van der Waals surface area contributed by atoms with Gasteiger partial charge in [-0.1, -0.05) is 66.7 Å². The highest BCUT2D eigenvalue weighted by Gasteiger charge is 2.40. The minimum Gasteiger partial charge on any atom is -0.492 e. The van der Waals surface area contributed by atoms with E-state index in [9.17, 15) is 19.8 Å². The Morgan fingerprint density at radius 1 is 0.941 bits per heavy atom. The summed E-state index contributed by atoms with van der Waals surface area (Å²) in [5.41, 5.74) is 3.76. The molecule has 0 saturated carbocycles. The molecular formula is C40H51N3O8. The Balaban J connectivity index is 1.22. The first kappa shape index (κ1) is 36.8. The van der Waals surface area contributed by atoms with Crippen molar-refractivity contribution in [3.63, 3.8) is 0 Å². The minimum absolute atomic E-state index is 0.0761. The maximum atomic E-state index is 14.3. The molecule has 0 radical (unpaired) electrons. The lowest BCUT2D eigenvalue weighted by atomic mass is 9.87. The fourth-order valence-electron chi connectivity index (χ4n) is 7.55. The van der Waals surface area contributed by atoms with Crippen molar-refractivity contribution in [3.05, 3.63) is 101 Å². The van der Waals surface area contributed by atoms with Crippen molar-refractivity contribution in [1.29, 1.82) is 0 Å². The van der Waals surface area contributed by atoms with E-state index < -0.39 is 36.3 Å². The molecule has 1 unspecified atom stereocenters. The molecule has 2 aliphatic heterocycles. The second-order valence-corrected chi connectivity index (χ2v) is 13.8. The van der Waals surface area contributed by atoms with Crippen LogP contribution in [0.1, 0.15) is 41.1 Å². The van der Waals surface area contributed by atoms with Crippen LogP contribution in [0.3, 0.4) is 0 Å². The second-order valence-electron chi connectivity index (χ2n) is 13.8. The first-order valence-electron chi connectivity index (χ1n) is 18.1. The Morgan fingerprint density at radius 3 is 2.39 bits per heavy atom. The molecule has 6 rings (SSSR count). The lowest BCUT2D eigenvalue weighted by Gasteiger charge is -2.38. The predicted octanol–water partition coefficient (Wildman–Crippen LogP) is 3.55. The number of methoxy groups -OCH3 is 1. The van der Waals surface area contributed by atoms with Gasteiger partial charge in [0.25, 0.3) is 0 Å². The molecular weight excluding hydrogens is 650 g/mol. The molecule has 6 atom stereocenters. The van der Waals surface area contributed by atoms with Gasteiger partial charge in [-0.25, -0.2) is 4.79 Å². The number of rotatable bonds is 15. The first-order chi connectivity index (χ1) is 24.9. The SMILES string of the molecule is COC(=O)N(C1CCOC1)[C@@H](Cc1ccccc1)[C@@H](O)C[C@@H](Cc1ccc(OCCN2CCOCC2)cc1)C(=O)N[C@H]1c2ccccc2C[C@H]1O. The summed E-state index contributed by atoms with van der Waals surface area (Å²) in [6, 6.07) is 23.7. The highest BCUT2D eigenvalue weighted by Crippen LogP contribution is 2.33. The highest BCUT2D eigenvalue weighted by molar-refractivity contribution is 5.80. The number of morpholine rings is 1. The van der Waals surface area contributed by atoms with E-state index in [0.717, 1.165) is 60.9 Å². The molecule has 3 N–H and O–H groups in total. The molecule has 11 heteroatoms. The topological polar surface area (TPSA) is 130 Å². The molecule has 2 fully saturated rings. The fourth-order valence-corrected chi connectivity index (χ4v) is 7.55. The third kappa shape index (κ3) is 9.66. The summed E-state index contributed by atoms with van der Waals surface area (Å²) in [4.78, 5) is 31.5. The second kappa shape index (κ2) is 18.0. The number of hydrogen-bond donors (Lipinski definition) is 3. The van der Waals surface area contributed by atoms with Gasteiger partial charge < -0.3 is 34.5 Å². The molecule has 3 aliphatic rings. The van der Waals surface area contributed by atoms with Crippen molar-refractivity contribution < 1.29 is 38.7 Å². The van der Waals surface area contributed by atoms with Gasteiger partial charge in [-0.05, 0) is 60.1 Å². The number of carbonyl (C=O) groups is 2. The Labute approximate surface area is 300 Å². The van der Waals surface area contributed by atoms with E-state index in [1.54, 1.807) is 4.90 Å². The summed E-state index contributed by atoms with van der Waals surface area (Å²) in [6.07, 6.45) is -0.515. The molecule has 1 aliphatic carbocycles. The van der Waals surface area contributed by atoms with Crippen LogP contribution in [-0.2, 0) is 38.3 Å². The number of ether oxygens (including phenoxy) is 4. The van der Waals surface area contributed by atoms with Crippen molar-refractivity contribution in [3.8, 4) is 5.75 Å². The van der Waals surface area contributed by atoms with Crippen LogP contribution in [0.4, 0.5) is 4.79 Å². The van der Waals surface area contributed by atoms with E-state index in [4.69, 9.17) is 18.9 Å². The van der Waals surface area contributed by atoms with Crippen LogP contribution in [0, 0.1) is 5.92 Å². The predicted molar refractivity (Wildman–Crippen MR) is 191 cm³/mol. The lowest BCUT2D eigenvalue weighted by molar-refractivity contribution is -0.128. The summed E-state index contributed by atoms with van der Waals surface area (Å²) < 4.78 is 22.3. The van der Waals surface area contributed by atoms with Crippen molar-refractivity contribution in [1.82, 2.24) is 15.1 Å². The van der Waals surface area contributed by atoms with E-state index >= 15 is 0 Å². The molecule has 3 aromatic rings.